The maximum Gasteiger partial charge on any atom is 0.0750 e. The molecule has 1 aliphatic heterocycles. The van der Waals surface area contributed by atoms with Crippen LogP contribution in [0.1, 0.15) is 32.8 Å². The maximum atomic E-state index is 5.67. The first-order chi connectivity index (χ1) is 9.49. The van der Waals surface area contributed by atoms with Crippen LogP contribution >= 0.6 is 15.9 Å². The lowest BCUT2D eigenvalue weighted by Gasteiger charge is -2.30. The number of halogens is 1. The van der Waals surface area contributed by atoms with Gasteiger partial charge in [0.2, 0.25) is 0 Å². The van der Waals surface area contributed by atoms with E-state index in [1.54, 1.807) is 0 Å². The Kier molecular flexibility index (Phi) is 5.47. The van der Waals surface area contributed by atoms with Crippen molar-refractivity contribution in [3.63, 3.8) is 0 Å². The fourth-order valence-electron chi connectivity index (χ4n) is 2.68. The molecule has 2 atom stereocenters. The highest BCUT2D eigenvalue weighted by atomic mass is 79.9. The average molecular weight is 341 g/mol. The summed E-state index contributed by atoms with van der Waals surface area (Å²) < 4.78 is 6.82. The number of nitrogens with zero attached hydrogens (tertiary/aromatic N) is 1. The number of hydrogen-bond donors (Lipinski definition) is 1. The fourth-order valence-corrected chi connectivity index (χ4v) is 3.38. The van der Waals surface area contributed by atoms with Gasteiger partial charge in [-0.15, -0.1) is 0 Å². The number of hydrogen-bond acceptors (Lipinski definition) is 3. The molecule has 2 unspecified atom stereocenters. The Bertz CT molecular complexity index is 450. The van der Waals surface area contributed by atoms with Gasteiger partial charge in [0.05, 0.1) is 17.8 Å². The Morgan fingerprint density at radius 1 is 1.45 bits per heavy atom. The van der Waals surface area contributed by atoms with Crippen LogP contribution in [-0.2, 0) is 11.3 Å². The van der Waals surface area contributed by atoms with Gasteiger partial charge in [0.1, 0.15) is 0 Å². The average Bonchev–Trinajstić information content (AvgIpc) is 2.82. The van der Waals surface area contributed by atoms with E-state index < -0.39 is 0 Å². The molecule has 1 heterocycles. The molecule has 0 aromatic heterocycles. The van der Waals surface area contributed by atoms with Crippen LogP contribution in [0.3, 0.4) is 0 Å². The summed E-state index contributed by atoms with van der Waals surface area (Å²) in [6.45, 7) is 8.26. The summed E-state index contributed by atoms with van der Waals surface area (Å²) in [4.78, 5) is 2.33. The van der Waals surface area contributed by atoms with Gasteiger partial charge in [-0.05, 0) is 47.0 Å². The molecule has 1 aromatic rings. The molecule has 1 N–H and O–H groups in total. The van der Waals surface area contributed by atoms with Gasteiger partial charge < -0.3 is 15.0 Å². The van der Waals surface area contributed by atoms with Crippen molar-refractivity contribution in [2.45, 2.75) is 51.9 Å². The number of ether oxygens (including phenoxy) is 1. The van der Waals surface area contributed by atoms with Gasteiger partial charge in [0.15, 0.2) is 0 Å². The molecule has 4 heteroatoms. The molecule has 20 heavy (non-hydrogen) atoms. The summed E-state index contributed by atoms with van der Waals surface area (Å²) in [5.41, 5.74) is 2.54. The molecule has 0 saturated carbocycles. The Labute approximate surface area is 130 Å². The zero-order chi connectivity index (χ0) is 14.7. The zero-order valence-corrected chi connectivity index (χ0v) is 14.4. The van der Waals surface area contributed by atoms with Crippen molar-refractivity contribution in [2.75, 3.05) is 18.6 Å². The van der Waals surface area contributed by atoms with Crippen molar-refractivity contribution >= 4 is 21.6 Å². The predicted molar refractivity (Wildman–Crippen MR) is 88.3 cm³/mol. The fraction of sp³-hybridized carbons (Fsp3) is 0.625. The van der Waals surface area contributed by atoms with Gasteiger partial charge in [-0.2, -0.15) is 0 Å². The van der Waals surface area contributed by atoms with Gasteiger partial charge in [-0.25, -0.2) is 0 Å². The van der Waals surface area contributed by atoms with E-state index in [0.29, 0.717) is 18.2 Å². The molecule has 2 rings (SSSR count). The molecule has 0 amide bonds. The molecule has 1 saturated heterocycles. The van der Waals surface area contributed by atoms with Gasteiger partial charge in [0, 0.05) is 30.7 Å². The van der Waals surface area contributed by atoms with E-state index in [0.717, 1.165) is 24.0 Å². The van der Waals surface area contributed by atoms with Gasteiger partial charge in [-0.3, -0.25) is 0 Å². The quantitative estimate of drug-likeness (QED) is 0.886. The Hall–Kier alpha value is -0.580. The van der Waals surface area contributed by atoms with Crippen LogP contribution in [0.2, 0.25) is 0 Å². The maximum absolute atomic E-state index is 5.67. The topological polar surface area (TPSA) is 24.5 Å². The Morgan fingerprint density at radius 2 is 2.20 bits per heavy atom. The second-order valence-corrected chi connectivity index (χ2v) is 6.72. The van der Waals surface area contributed by atoms with Crippen LogP contribution in [-0.4, -0.2) is 31.8 Å². The SMILES string of the molecule is CC(C)NCc1ccc(N(C)C2CCOC2C)c(Br)c1. The smallest absolute Gasteiger partial charge is 0.0750 e. The van der Waals surface area contributed by atoms with Crippen LogP contribution in [0.15, 0.2) is 22.7 Å². The minimum absolute atomic E-state index is 0.300. The lowest BCUT2D eigenvalue weighted by molar-refractivity contribution is 0.118. The minimum Gasteiger partial charge on any atom is -0.376 e. The number of nitrogens with one attached hydrogen (secondary N) is 1. The molecule has 1 fully saturated rings. The van der Waals surface area contributed by atoms with Crippen molar-refractivity contribution in [3.8, 4) is 0 Å². The minimum atomic E-state index is 0.300. The molecule has 112 valence electrons. The first-order valence-corrected chi connectivity index (χ1v) is 8.14. The van der Waals surface area contributed by atoms with Crippen molar-refractivity contribution in [1.82, 2.24) is 5.32 Å². The van der Waals surface area contributed by atoms with Crippen LogP contribution in [0, 0.1) is 0 Å². The van der Waals surface area contributed by atoms with Gasteiger partial charge in [0.25, 0.3) is 0 Å². The van der Waals surface area contributed by atoms with E-state index in [1.165, 1.54) is 11.3 Å². The third-order valence-corrected chi connectivity index (χ3v) is 4.58. The summed E-state index contributed by atoms with van der Waals surface area (Å²) in [7, 11) is 2.15. The van der Waals surface area contributed by atoms with Crippen LogP contribution < -0.4 is 10.2 Å². The van der Waals surface area contributed by atoms with Crippen molar-refractivity contribution in [1.29, 1.82) is 0 Å². The van der Waals surface area contributed by atoms with Crippen LogP contribution in [0.25, 0.3) is 0 Å². The molecule has 0 aliphatic carbocycles. The van der Waals surface area contributed by atoms with Gasteiger partial charge in [-0.1, -0.05) is 19.9 Å². The highest BCUT2D eigenvalue weighted by molar-refractivity contribution is 9.10. The first-order valence-electron chi connectivity index (χ1n) is 7.35. The normalized spacial score (nSPS) is 22.5. The molecule has 1 aromatic carbocycles. The number of anilines is 1. The predicted octanol–water partition coefficient (Wildman–Crippen LogP) is 3.56. The Morgan fingerprint density at radius 3 is 2.75 bits per heavy atom. The van der Waals surface area contributed by atoms with Crippen molar-refractivity contribution < 1.29 is 4.74 Å². The zero-order valence-electron chi connectivity index (χ0n) is 12.8. The van der Waals surface area contributed by atoms with Crippen LogP contribution in [0.5, 0.6) is 0 Å². The van der Waals surface area contributed by atoms with E-state index in [9.17, 15) is 0 Å². The molecule has 1 aliphatic rings. The summed E-state index contributed by atoms with van der Waals surface area (Å²) in [6.07, 6.45) is 1.40. The number of benzene rings is 1. The molecule has 3 nitrogen and oxygen atoms in total. The summed E-state index contributed by atoms with van der Waals surface area (Å²) in [6, 6.07) is 7.58. The summed E-state index contributed by atoms with van der Waals surface area (Å²) in [5, 5.41) is 3.45. The van der Waals surface area contributed by atoms with E-state index in [1.807, 2.05) is 0 Å². The molecular formula is C16H25BrN2O. The lowest BCUT2D eigenvalue weighted by atomic mass is 10.1. The van der Waals surface area contributed by atoms with Crippen molar-refractivity contribution in [3.05, 3.63) is 28.2 Å². The first kappa shape index (κ1) is 15.8. The van der Waals surface area contributed by atoms with Crippen LogP contribution in [0.4, 0.5) is 5.69 Å². The largest absolute Gasteiger partial charge is 0.376 e. The highest BCUT2D eigenvalue weighted by Crippen LogP contribution is 2.31. The molecule has 0 bridgehead atoms. The monoisotopic (exact) mass is 340 g/mol. The third-order valence-electron chi connectivity index (χ3n) is 3.94. The third kappa shape index (κ3) is 3.74. The lowest BCUT2D eigenvalue weighted by Crippen LogP contribution is -2.36. The van der Waals surface area contributed by atoms with E-state index in [-0.39, 0.29) is 0 Å². The molecule has 0 spiro atoms. The summed E-state index contributed by atoms with van der Waals surface area (Å²) in [5.74, 6) is 0. The standard InChI is InChI=1S/C16H25BrN2O/c1-11(2)18-10-13-5-6-16(14(17)9-13)19(4)15-7-8-20-12(15)3/h5-6,9,11-12,15,18H,7-8,10H2,1-4H3. The second kappa shape index (κ2) is 6.92. The summed E-state index contributed by atoms with van der Waals surface area (Å²) >= 11 is 3.71. The van der Waals surface area contributed by atoms with E-state index >= 15 is 0 Å². The van der Waals surface area contributed by atoms with E-state index in [4.69, 9.17) is 4.74 Å². The Balaban J connectivity index is 2.08. The van der Waals surface area contributed by atoms with Gasteiger partial charge >= 0.3 is 0 Å². The second-order valence-electron chi connectivity index (χ2n) is 5.86. The number of likely N-dealkylation sites (N-methyl/N-ethyl adjacent to an activating group) is 1. The molecule has 0 radical (unpaired) electrons. The van der Waals surface area contributed by atoms with Crippen molar-refractivity contribution in [2.24, 2.45) is 0 Å². The number of rotatable bonds is 5. The highest BCUT2D eigenvalue weighted by Gasteiger charge is 2.28. The molecular weight excluding hydrogens is 316 g/mol. The van der Waals surface area contributed by atoms with E-state index in [2.05, 4.69) is 72.2 Å².